The lowest BCUT2D eigenvalue weighted by Gasteiger charge is -2.32. The predicted molar refractivity (Wildman–Crippen MR) is 130 cm³/mol. The van der Waals surface area contributed by atoms with Gasteiger partial charge in [0.05, 0.1) is 6.10 Å². The van der Waals surface area contributed by atoms with Crippen LogP contribution in [0.15, 0.2) is 48.5 Å². The number of nitrogens with one attached hydrogen (secondary N) is 1. The maximum absolute atomic E-state index is 13.0. The molecule has 4 rings (SSSR count). The molecule has 2 aliphatic rings. The Balaban J connectivity index is 1.37. The minimum absolute atomic E-state index is 0.0139. The molecule has 3 atom stereocenters. The van der Waals surface area contributed by atoms with Crippen LogP contribution >= 0.6 is 0 Å². The number of fused-ring (bicyclic) bond motifs is 3. The standard InChI is InChI=1S/C27H32N2O6/c1-4-17(13-24(30)29-15-18(34-3)14-27(29,2)25(31)32)28-26(33)35-16-23-21-11-7-5-9-19(21)20-10-6-8-12-22(20)23/h5-12,17-18,23H,4,13-16H2,1-3H3,(H,28,33)(H,31,32). The molecule has 0 spiro atoms. The summed E-state index contributed by atoms with van der Waals surface area (Å²) in [5.74, 6) is -1.45. The van der Waals surface area contributed by atoms with E-state index in [0.29, 0.717) is 6.42 Å². The number of carbonyl (C=O) groups excluding carboxylic acids is 2. The first-order valence-corrected chi connectivity index (χ1v) is 12.0. The highest BCUT2D eigenvalue weighted by Crippen LogP contribution is 2.44. The average molecular weight is 481 g/mol. The molecule has 3 unspecified atom stereocenters. The smallest absolute Gasteiger partial charge is 0.407 e. The first-order chi connectivity index (χ1) is 16.8. The van der Waals surface area contributed by atoms with E-state index < -0.39 is 23.6 Å². The largest absolute Gasteiger partial charge is 0.480 e. The molecule has 2 amide bonds. The molecule has 1 fully saturated rings. The van der Waals surface area contributed by atoms with E-state index in [1.165, 1.54) is 18.9 Å². The molecule has 1 saturated heterocycles. The van der Waals surface area contributed by atoms with Crippen LogP contribution in [0.1, 0.15) is 50.2 Å². The number of hydrogen-bond donors (Lipinski definition) is 2. The third kappa shape index (κ3) is 4.75. The van der Waals surface area contributed by atoms with Crippen LogP contribution < -0.4 is 5.32 Å². The number of carbonyl (C=O) groups is 3. The summed E-state index contributed by atoms with van der Waals surface area (Å²) in [6, 6.07) is 15.7. The molecule has 35 heavy (non-hydrogen) atoms. The molecular formula is C27H32N2O6. The number of aliphatic carboxylic acids is 1. The van der Waals surface area contributed by atoms with Gasteiger partial charge in [0.25, 0.3) is 0 Å². The minimum atomic E-state index is -1.33. The molecule has 2 aromatic carbocycles. The Morgan fingerprint density at radius 2 is 1.71 bits per heavy atom. The number of alkyl carbamates (subject to hydrolysis) is 1. The van der Waals surface area contributed by atoms with Gasteiger partial charge >= 0.3 is 12.1 Å². The number of rotatable bonds is 8. The fourth-order valence-electron chi connectivity index (χ4n) is 5.19. The number of likely N-dealkylation sites (tertiary alicyclic amines) is 1. The fourth-order valence-corrected chi connectivity index (χ4v) is 5.19. The van der Waals surface area contributed by atoms with Crippen molar-refractivity contribution < 1.29 is 29.0 Å². The lowest BCUT2D eigenvalue weighted by Crippen LogP contribution is -2.52. The molecule has 1 heterocycles. The maximum Gasteiger partial charge on any atom is 0.407 e. The van der Waals surface area contributed by atoms with Gasteiger partial charge in [-0.3, -0.25) is 4.79 Å². The lowest BCUT2D eigenvalue weighted by molar-refractivity contribution is -0.155. The van der Waals surface area contributed by atoms with Crippen molar-refractivity contribution in [2.24, 2.45) is 0 Å². The fraction of sp³-hybridized carbons (Fsp3) is 0.444. The third-order valence-electron chi connectivity index (χ3n) is 7.28. The second kappa shape index (κ2) is 10.1. The lowest BCUT2D eigenvalue weighted by atomic mass is 9.97. The SMILES string of the molecule is CCC(CC(=O)N1CC(OC)CC1(C)C(=O)O)NC(=O)OCC1c2ccccc2-c2ccccc21. The number of amides is 2. The second-order valence-corrected chi connectivity index (χ2v) is 9.42. The molecule has 0 bridgehead atoms. The summed E-state index contributed by atoms with van der Waals surface area (Å²) in [7, 11) is 1.51. The molecule has 186 valence electrons. The number of hydrogen-bond acceptors (Lipinski definition) is 5. The molecule has 8 heteroatoms. The molecule has 2 N–H and O–H groups in total. The summed E-state index contributed by atoms with van der Waals surface area (Å²) in [5, 5.41) is 12.5. The average Bonchev–Trinajstić information content (AvgIpc) is 3.38. The Morgan fingerprint density at radius 1 is 1.11 bits per heavy atom. The van der Waals surface area contributed by atoms with Gasteiger partial charge in [-0.1, -0.05) is 55.5 Å². The van der Waals surface area contributed by atoms with Crippen LogP contribution in [0.25, 0.3) is 11.1 Å². The normalized spacial score (nSPS) is 21.8. The van der Waals surface area contributed by atoms with Gasteiger partial charge in [0, 0.05) is 38.5 Å². The zero-order valence-corrected chi connectivity index (χ0v) is 20.3. The molecular weight excluding hydrogens is 448 g/mol. The zero-order chi connectivity index (χ0) is 25.2. The number of nitrogens with zero attached hydrogens (tertiary/aromatic N) is 1. The van der Waals surface area contributed by atoms with Crippen molar-refractivity contribution in [2.45, 2.75) is 56.7 Å². The predicted octanol–water partition coefficient (Wildman–Crippen LogP) is 3.78. The highest BCUT2D eigenvalue weighted by Gasteiger charge is 2.50. The summed E-state index contributed by atoms with van der Waals surface area (Å²) in [6.07, 6.45) is -0.221. The van der Waals surface area contributed by atoms with E-state index in [4.69, 9.17) is 9.47 Å². The number of methoxy groups -OCH3 is 1. The van der Waals surface area contributed by atoms with E-state index in [2.05, 4.69) is 29.6 Å². The Labute approximate surface area is 205 Å². The molecule has 0 saturated carbocycles. The van der Waals surface area contributed by atoms with Crippen molar-refractivity contribution in [3.63, 3.8) is 0 Å². The van der Waals surface area contributed by atoms with Crippen LogP contribution in [0.3, 0.4) is 0 Å². The third-order valence-corrected chi connectivity index (χ3v) is 7.28. The van der Waals surface area contributed by atoms with Gasteiger partial charge in [0.15, 0.2) is 0 Å². The molecule has 1 aliphatic carbocycles. The Kier molecular flexibility index (Phi) is 7.12. The molecule has 1 aliphatic heterocycles. The van der Waals surface area contributed by atoms with E-state index in [0.717, 1.165) is 22.3 Å². The highest BCUT2D eigenvalue weighted by molar-refractivity contribution is 5.88. The van der Waals surface area contributed by atoms with Crippen LogP contribution in [0, 0.1) is 0 Å². The summed E-state index contributed by atoms with van der Waals surface area (Å²) in [6.45, 7) is 3.79. The van der Waals surface area contributed by atoms with E-state index in [1.807, 2.05) is 31.2 Å². The van der Waals surface area contributed by atoms with E-state index in [1.54, 1.807) is 0 Å². The maximum atomic E-state index is 13.0. The minimum Gasteiger partial charge on any atom is -0.480 e. The first kappa shape index (κ1) is 24.7. The summed E-state index contributed by atoms with van der Waals surface area (Å²) in [5.41, 5.74) is 3.21. The monoisotopic (exact) mass is 480 g/mol. The van der Waals surface area contributed by atoms with Gasteiger partial charge in [-0.2, -0.15) is 0 Å². The van der Waals surface area contributed by atoms with Crippen LogP contribution in [0.5, 0.6) is 0 Å². The van der Waals surface area contributed by atoms with Crippen LogP contribution in [0.4, 0.5) is 4.79 Å². The van der Waals surface area contributed by atoms with Gasteiger partial charge in [-0.25, -0.2) is 9.59 Å². The van der Waals surface area contributed by atoms with Gasteiger partial charge in [0.2, 0.25) is 5.91 Å². The Hall–Kier alpha value is -3.39. The van der Waals surface area contributed by atoms with E-state index in [9.17, 15) is 19.5 Å². The summed E-state index contributed by atoms with van der Waals surface area (Å²) in [4.78, 5) is 38.9. The van der Waals surface area contributed by atoms with Gasteiger partial charge in [-0.05, 0) is 35.6 Å². The second-order valence-electron chi connectivity index (χ2n) is 9.42. The quantitative estimate of drug-likeness (QED) is 0.596. The summed E-state index contributed by atoms with van der Waals surface area (Å²) >= 11 is 0. The topological polar surface area (TPSA) is 105 Å². The number of carboxylic acids is 1. The molecule has 2 aromatic rings. The highest BCUT2D eigenvalue weighted by atomic mass is 16.5. The van der Waals surface area contributed by atoms with Gasteiger partial charge in [-0.15, -0.1) is 0 Å². The zero-order valence-electron chi connectivity index (χ0n) is 20.3. The molecule has 0 radical (unpaired) electrons. The number of carboxylic acid groups (broad SMARTS) is 1. The van der Waals surface area contributed by atoms with E-state index in [-0.39, 0.29) is 43.9 Å². The van der Waals surface area contributed by atoms with Crippen LogP contribution in [-0.4, -0.2) is 65.9 Å². The van der Waals surface area contributed by atoms with Crippen molar-refractivity contribution in [2.75, 3.05) is 20.3 Å². The van der Waals surface area contributed by atoms with Crippen molar-refractivity contribution in [3.8, 4) is 11.1 Å². The van der Waals surface area contributed by atoms with Gasteiger partial charge in [0.1, 0.15) is 12.1 Å². The van der Waals surface area contributed by atoms with Crippen LogP contribution in [-0.2, 0) is 19.1 Å². The van der Waals surface area contributed by atoms with Crippen molar-refractivity contribution in [3.05, 3.63) is 59.7 Å². The van der Waals surface area contributed by atoms with Crippen molar-refractivity contribution in [1.82, 2.24) is 10.2 Å². The Bertz CT molecular complexity index is 1070. The first-order valence-electron chi connectivity index (χ1n) is 12.0. The Morgan fingerprint density at radius 3 is 2.26 bits per heavy atom. The summed E-state index contributed by atoms with van der Waals surface area (Å²) < 4.78 is 10.9. The number of ether oxygens (including phenoxy) is 2. The molecule has 0 aromatic heterocycles. The van der Waals surface area contributed by atoms with E-state index >= 15 is 0 Å². The van der Waals surface area contributed by atoms with Crippen molar-refractivity contribution in [1.29, 1.82) is 0 Å². The number of benzene rings is 2. The van der Waals surface area contributed by atoms with Crippen molar-refractivity contribution >= 4 is 18.0 Å². The molecule has 8 nitrogen and oxygen atoms in total. The van der Waals surface area contributed by atoms with Crippen LogP contribution in [0.2, 0.25) is 0 Å². The van der Waals surface area contributed by atoms with Gasteiger partial charge < -0.3 is 24.8 Å².